The molecule has 5 nitrogen and oxygen atoms in total. The molecule has 1 unspecified atom stereocenters. The zero-order valence-electron chi connectivity index (χ0n) is 13.6. The van der Waals surface area contributed by atoms with Gasteiger partial charge in [-0.2, -0.15) is 0 Å². The van der Waals surface area contributed by atoms with Crippen LogP contribution in [0, 0.1) is 0 Å². The summed E-state index contributed by atoms with van der Waals surface area (Å²) in [5, 5.41) is 15.9. The summed E-state index contributed by atoms with van der Waals surface area (Å²) in [6.45, 7) is 3.98. The van der Waals surface area contributed by atoms with Crippen LogP contribution in [0.15, 0.2) is 48.5 Å². The van der Waals surface area contributed by atoms with E-state index in [9.17, 15) is 9.90 Å². The predicted molar refractivity (Wildman–Crippen MR) is 95.6 cm³/mol. The number of benzene rings is 2. The van der Waals surface area contributed by atoms with Crippen molar-refractivity contribution < 1.29 is 14.6 Å². The number of anilines is 1. The zero-order valence-corrected chi connectivity index (χ0v) is 14.4. The van der Waals surface area contributed by atoms with Crippen molar-refractivity contribution in [2.45, 2.75) is 26.1 Å². The van der Waals surface area contributed by atoms with Crippen molar-refractivity contribution in [3.8, 4) is 5.75 Å². The van der Waals surface area contributed by atoms with E-state index < -0.39 is 12.1 Å². The summed E-state index contributed by atoms with van der Waals surface area (Å²) in [4.78, 5) is 11.9. The van der Waals surface area contributed by atoms with Crippen molar-refractivity contribution in [1.29, 1.82) is 0 Å². The monoisotopic (exact) mass is 348 g/mol. The Kier molecular flexibility index (Phi) is 6.46. The highest BCUT2D eigenvalue weighted by Gasteiger charge is 2.11. The van der Waals surface area contributed by atoms with Crippen molar-refractivity contribution in [1.82, 2.24) is 5.32 Å². The minimum atomic E-state index is -0.810. The van der Waals surface area contributed by atoms with E-state index in [1.165, 1.54) is 0 Å². The predicted octanol–water partition coefficient (Wildman–Crippen LogP) is 3.98. The van der Waals surface area contributed by atoms with Gasteiger partial charge < -0.3 is 20.5 Å². The Morgan fingerprint density at radius 3 is 2.46 bits per heavy atom. The van der Waals surface area contributed by atoms with Gasteiger partial charge in [-0.3, -0.25) is 0 Å². The first-order valence-corrected chi connectivity index (χ1v) is 8.07. The van der Waals surface area contributed by atoms with Gasteiger partial charge in [-0.25, -0.2) is 4.79 Å². The second kappa shape index (κ2) is 8.57. The molecule has 2 amide bonds. The van der Waals surface area contributed by atoms with Gasteiger partial charge in [0.2, 0.25) is 0 Å². The van der Waals surface area contributed by atoms with E-state index in [1.54, 1.807) is 48.5 Å². The van der Waals surface area contributed by atoms with Crippen molar-refractivity contribution in [3.63, 3.8) is 0 Å². The maximum absolute atomic E-state index is 11.9. The highest BCUT2D eigenvalue weighted by Crippen LogP contribution is 2.21. The molecule has 0 saturated heterocycles. The van der Waals surface area contributed by atoms with Crippen LogP contribution in [0.3, 0.4) is 0 Å². The van der Waals surface area contributed by atoms with E-state index in [1.807, 2.05) is 13.8 Å². The molecule has 0 spiro atoms. The Hall–Kier alpha value is -2.24. The molecule has 24 heavy (non-hydrogen) atoms. The van der Waals surface area contributed by atoms with E-state index in [4.69, 9.17) is 16.3 Å². The number of amides is 2. The second-order valence-electron chi connectivity index (χ2n) is 5.57. The molecule has 0 heterocycles. The number of hydrogen-bond acceptors (Lipinski definition) is 3. The molecular weight excluding hydrogens is 328 g/mol. The number of para-hydroxylation sites is 1. The third kappa shape index (κ3) is 5.44. The molecule has 0 aliphatic rings. The van der Waals surface area contributed by atoms with E-state index in [0.29, 0.717) is 16.3 Å². The number of carbonyl (C=O) groups is 1. The maximum Gasteiger partial charge on any atom is 0.319 e. The highest BCUT2D eigenvalue weighted by atomic mass is 35.5. The van der Waals surface area contributed by atoms with Gasteiger partial charge in [0.05, 0.1) is 22.9 Å². The number of urea groups is 1. The molecule has 6 heteroatoms. The van der Waals surface area contributed by atoms with Crippen LogP contribution in [-0.2, 0) is 0 Å². The summed E-state index contributed by atoms with van der Waals surface area (Å²) in [6.07, 6.45) is -0.717. The number of ether oxygens (including phenoxy) is 1. The maximum atomic E-state index is 11.9. The van der Waals surface area contributed by atoms with E-state index in [0.717, 1.165) is 5.75 Å². The number of aliphatic hydroxyl groups is 1. The average molecular weight is 349 g/mol. The molecule has 3 N–H and O–H groups in total. The molecule has 2 aromatic rings. The molecule has 0 aromatic heterocycles. The smallest absolute Gasteiger partial charge is 0.319 e. The van der Waals surface area contributed by atoms with Crippen LogP contribution in [0.25, 0.3) is 0 Å². The highest BCUT2D eigenvalue weighted by molar-refractivity contribution is 6.33. The van der Waals surface area contributed by atoms with Gasteiger partial charge in [-0.15, -0.1) is 0 Å². The first-order chi connectivity index (χ1) is 11.5. The number of halogens is 1. The second-order valence-corrected chi connectivity index (χ2v) is 5.97. The van der Waals surface area contributed by atoms with Crippen molar-refractivity contribution in [3.05, 3.63) is 59.1 Å². The van der Waals surface area contributed by atoms with Crippen molar-refractivity contribution >= 4 is 23.3 Å². The molecular formula is C18H21ClN2O3. The SMILES string of the molecule is CC(C)Oc1ccc(C(O)CNC(=O)Nc2ccccc2Cl)cc1. The fraction of sp³-hybridized carbons (Fsp3) is 0.278. The third-order valence-corrected chi connectivity index (χ3v) is 3.54. The molecule has 0 aliphatic carbocycles. The lowest BCUT2D eigenvalue weighted by Crippen LogP contribution is -2.32. The molecule has 0 saturated carbocycles. The van der Waals surface area contributed by atoms with Crippen LogP contribution < -0.4 is 15.4 Å². The fourth-order valence-corrected chi connectivity index (χ4v) is 2.26. The first kappa shape index (κ1) is 18.1. The summed E-state index contributed by atoms with van der Waals surface area (Å²) in [5.74, 6) is 0.741. The molecule has 2 aromatic carbocycles. The van der Waals surface area contributed by atoms with Gasteiger partial charge in [0.1, 0.15) is 5.75 Å². The number of rotatable bonds is 6. The Labute approximate surface area is 146 Å². The van der Waals surface area contributed by atoms with Gasteiger partial charge in [0.25, 0.3) is 0 Å². The number of nitrogens with one attached hydrogen (secondary N) is 2. The van der Waals surface area contributed by atoms with E-state index in [-0.39, 0.29) is 12.6 Å². The van der Waals surface area contributed by atoms with Crippen LogP contribution in [-0.4, -0.2) is 23.8 Å². The summed E-state index contributed by atoms with van der Waals surface area (Å²) in [5.41, 5.74) is 1.21. The number of carbonyl (C=O) groups excluding carboxylic acids is 1. The van der Waals surface area contributed by atoms with Crippen LogP contribution in [0.2, 0.25) is 5.02 Å². The fourth-order valence-electron chi connectivity index (χ4n) is 2.08. The van der Waals surface area contributed by atoms with E-state index in [2.05, 4.69) is 10.6 Å². The Morgan fingerprint density at radius 2 is 1.83 bits per heavy atom. The quantitative estimate of drug-likeness (QED) is 0.739. The van der Waals surface area contributed by atoms with Crippen molar-refractivity contribution in [2.24, 2.45) is 0 Å². The van der Waals surface area contributed by atoms with Crippen LogP contribution >= 0.6 is 11.6 Å². The van der Waals surface area contributed by atoms with Gasteiger partial charge >= 0.3 is 6.03 Å². The molecule has 1 atom stereocenters. The molecule has 0 radical (unpaired) electrons. The topological polar surface area (TPSA) is 70.6 Å². The first-order valence-electron chi connectivity index (χ1n) is 7.70. The Bertz CT molecular complexity index is 674. The number of hydrogen-bond donors (Lipinski definition) is 3. The minimum absolute atomic E-state index is 0.0840. The zero-order chi connectivity index (χ0) is 17.5. The van der Waals surface area contributed by atoms with Gasteiger partial charge in [-0.1, -0.05) is 35.9 Å². The van der Waals surface area contributed by atoms with Gasteiger partial charge in [0.15, 0.2) is 0 Å². The summed E-state index contributed by atoms with van der Waals surface area (Å²) in [7, 11) is 0. The summed E-state index contributed by atoms with van der Waals surface area (Å²) in [6, 6.07) is 13.6. The normalized spacial score (nSPS) is 11.9. The molecule has 2 rings (SSSR count). The van der Waals surface area contributed by atoms with Crippen LogP contribution in [0.1, 0.15) is 25.5 Å². The molecule has 128 valence electrons. The van der Waals surface area contributed by atoms with Crippen LogP contribution in [0.4, 0.5) is 10.5 Å². The van der Waals surface area contributed by atoms with Gasteiger partial charge in [0, 0.05) is 6.54 Å². The van der Waals surface area contributed by atoms with Gasteiger partial charge in [-0.05, 0) is 43.7 Å². The van der Waals surface area contributed by atoms with Crippen molar-refractivity contribution in [2.75, 3.05) is 11.9 Å². The molecule has 0 bridgehead atoms. The Morgan fingerprint density at radius 1 is 1.17 bits per heavy atom. The lowest BCUT2D eigenvalue weighted by atomic mass is 10.1. The summed E-state index contributed by atoms with van der Waals surface area (Å²) < 4.78 is 5.55. The van der Waals surface area contributed by atoms with E-state index >= 15 is 0 Å². The largest absolute Gasteiger partial charge is 0.491 e. The summed E-state index contributed by atoms with van der Waals surface area (Å²) >= 11 is 5.97. The average Bonchev–Trinajstić information content (AvgIpc) is 2.55. The lowest BCUT2D eigenvalue weighted by molar-refractivity contribution is 0.175. The Balaban J connectivity index is 1.85. The molecule has 0 fully saturated rings. The third-order valence-electron chi connectivity index (χ3n) is 3.21. The minimum Gasteiger partial charge on any atom is -0.491 e. The lowest BCUT2D eigenvalue weighted by Gasteiger charge is -2.15. The molecule has 0 aliphatic heterocycles. The van der Waals surface area contributed by atoms with Crippen LogP contribution in [0.5, 0.6) is 5.75 Å². The number of aliphatic hydroxyl groups excluding tert-OH is 1. The standard InChI is InChI=1S/C18H21ClN2O3/c1-12(2)24-14-9-7-13(8-10-14)17(22)11-20-18(23)21-16-6-4-3-5-15(16)19/h3-10,12,17,22H,11H2,1-2H3,(H2,20,21,23).